The van der Waals surface area contributed by atoms with Gasteiger partial charge >= 0.3 is 0 Å². The Hall–Kier alpha value is 0.137. The van der Waals surface area contributed by atoms with Crippen LogP contribution in [0.2, 0.25) is 19.6 Å². The summed E-state index contributed by atoms with van der Waals surface area (Å²) in [4.78, 5) is 2.92. The predicted molar refractivity (Wildman–Crippen MR) is 110 cm³/mol. The molecule has 0 saturated carbocycles. The third kappa shape index (κ3) is 4.10. The van der Waals surface area contributed by atoms with Crippen LogP contribution in [0.25, 0.3) is 0 Å². The Balaban J connectivity index is 3.49. The van der Waals surface area contributed by atoms with Crippen LogP contribution in [0.5, 0.6) is 0 Å². The monoisotopic (exact) mass is 355 g/mol. The lowest BCUT2D eigenvalue weighted by Crippen LogP contribution is -2.74. The minimum atomic E-state index is -1.57. The molecule has 3 atom stereocenters. The third-order valence-corrected chi connectivity index (χ3v) is 7.43. The zero-order chi connectivity index (χ0) is 19.0. The minimum Gasteiger partial charge on any atom is -0.413 e. The van der Waals surface area contributed by atoms with Crippen molar-refractivity contribution in [3.8, 4) is 0 Å². The molecule has 2 nitrogen and oxygen atoms in total. The highest BCUT2D eigenvalue weighted by Crippen LogP contribution is 2.52. The van der Waals surface area contributed by atoms with Crippen molar-refractivity contribution in [3.05, 3.63) is 0 Å². The SMILES string of the molecule is CCC1(C(C)C)CCCC(CC)(C(C)O[Si](C)(C)C)N1C(C)(C)C. The fraction of sp³-hybridized carbons (Fsp3) is 1.00. The number of hydrogen-bond donors (Lipinski definition) is 0. The van der Waals surface area contributed by atoms with E-state index in [4.69, 9.17) is 4.43 Å². The molecule has 1 aliphatic heterocycles. The molecule has 1 fully saturated rings. The van der Waals surface area contributed by atoms with E-state index in [0.717, 1.165) is 0 Å². The van der Waals surface area contributed by atoms with Crippen LogP contribution in [0.3, 0.4) is 0 Å². The van der Waals surface area contributed by atoms with Crippen molar-refractivity contribution in [2.75, 3.05) is 0 Å². The van der Waals surface area contributed by atoms with Crippen molar-refractivity contribution >= 4 is 8.32 Å². The molecule has 1 aliphatic rings. The Morgan fingerprint density at radius 2 is 1.42 bits per heavy atom. The molecule has 0 spiro atoms. The Bertz CT molecular complexity index is 409. The smallest absolute Gasteiger partial charge is 0.184 e. The first-order valence-corrected chi connectivity index (χ1v) is 13.7. The molecule has 0 aromatic heterocycles. The summed E-state index contributed by atoms with van der Waals surface area (Å²) in [6.45, 7) is 26.2. The van der Waals surface area contributed by atoms with Gasteiger partial charge in [0.25, 0.3) is 0 Å². The average Bonchev–Trinajstić information content (AvgIpc) is 2.42. The van der Waals surface area contributed by atoms with E-state index in [1.807, 2.05) is 0 Å². The van der Waals surface area contributed by atoms with Gasteiger partial charge in [-0.2, -0.15) is 0 Å². The lowest BCUT2D eigenvalue weighted by molar-refractivity contribution is -0.175. The van der Waals surface area contributed by atoms with Crippen molar-refractivity contribution in [2.24, 2.45) is 5.92 Å². The highest BCUT2D eigenvalue weighted by Gasteiger charge is 2.57. The van der Waals surface area contributed by atoms with Crippen LogP contribution in [-0.2, 0) is 4.43 Å². The van der Waals surface area contributed by atoms with E-state index >= 15 is 0 Å². The molecule has 3 heteroatoms. The fourth-order valence-electron chi connectivity index (χ4n) is 5.64. The summed E-state index contributed by atoms with van der Waals surface area (Å²) in [6.07, 6.45) is 6.60. The summed E-state index contributed by atoms with van der Waals surface area (Å²) in [5.74, 6) is 0.659. The van der Waals surface area contributed by atoms with Gasteiger partial charge in [-0.25, -0.2) is 0 Å². The van der Waals surface area contributed by atoms with E-state index < -0.39 is 8.32 Å². The quantitative estimate of drug-likeness (QED) is 0.507. The topological polar surface area (TPSA) is 12.5 Å². The van der Waals surface area contributed by atoms with Crippen molar-refractivity contribution < 1.29 is 4.43 Å². The van der Waals surface area contributed by atoms with Crippen LogP contribution in [0.15, 0.2) is 0 Å². The lowest BCUT2D eigenvalue weighted by Gasteiger charge is -2.66. The summed E-state index contributed by atoms with van der Waals surface area (Å²) in [6, 6.07) is 0. The maximum Gasteiger partial charge on any atom is 0.184 e. The summed E-state index contributed by atoms with van der Waals surface area (Å²) < 4.78 is 6.71. The molecular weight excluding hydrogens is 310 g/mol. The standard InChI is InChI=1S/C21H45NOSi/c1-12-20(17(3)4)15-14-16-21(13-2,22(20)19(6,7)8)18(5)23-24(9,10)11/h17-18H,12-16H2,1-11H3. The van der Waals surface area contributed by atoms with Crippen LogP contribution in [0.1, 0.15) is 87.5 Å². The van der Waals surface area contributed by atoms with Crippen molar-refractivity contribution in [1.82, 2.24) is 4.90 Å². The molecule has 0 aromatic rings. The van der Waals surface area contributed by atoms with Gasteiger partial charge in [0.2, 0.25) is 0 Å². The van der Waals surface area contributed by atoms with Gasteiger partial charge in [0, 0.05) is 16.6 Å². The first kappa shape index (κ1) is 22.2. The largest absolute Gasteiger partial charge is 0.413 e. The van der Waals surface area contributed by atoms with Gasteiger partial charge in [0.15, 0.2) is 8.32 Å². The summed E-state index contributed by atoms with van der Waals surface area (Å²) in [5.41, 5.74) is 0.578. The zero-order valence-electron chi connectivity index (χ0n) is 18.5. The van der Waals surface area contributed by atoms with Gasteiger partial charge in [-0.1, -0.05) is 27.7 Å². The molecule has 1 saturated heterocycles. The maximum absolute atomic E-state index is 6.71. The third-order valence-electron chi connectivity index (χ3n) is 6.37. The van der Waals surface area contributed by atoms with E-state index in [1.54, 1.807) is 0 Å². The number of nitrogens with zero attached hydrogens (tertiary/aromatic N) is 1. The molecule has 0 aliphatic carbocycles. The van der Waals surface area contributed by atoms with Gasteiger partial charge in [0.05, 0.1) is 6.10 Å². The second-order valence-electron chi connectivity index (χ2n) is 10.3. The second kappa shape index (κ2) is 7.40. The lowest BCUT2D eigenvalue weighted by atomic mass is 9.65. The Morgan fingerprint density at radius 3 is 1.75 bits per heavy atom. The Labute approximate surface area is 153 Å². The molecule has 3 unspecified atom stereocenters. The first-order chi connectivity index (χ1) is 10.8. The van der Waals surface area contributed by atoms with E-state index in [-0.39, 0.29) is 16.6 Å². The number of likely N-dealkylation sites (tertiary alicyclic amines) is 1. The summed E-state index contributed by atoms with van der Waals surface area (Å²) in [5, 5.41) is 0. The van der Waals surface area contributed by atoms with Gasteiger partial charge in [-0.15, -0.1) is 0 Å². The average molecular weight is 356 g/mol. The normalized spacial score (nSPS) is 31.5. The van der Waals surface area contributed by atoms with E-state index in [2.05, 4.69) is 79.9 Å². The Kier molecular flexibility index (Phi) is 6.84. The summed E-state index contributed by atoms with van der Waals surface area (Å²) >= 11 is 0. The van der Waals surface area contributed by atoms with Crippen LogP contribution in [0, 0.1) is 5.92 Å². The molecule has 0 bridgehead atoms. The zero-order valence-corrected chi connectivity index (χ0v) is 19.5. The molecule has 24 heavy (non-hydrogen) atoms. The van der Waals surface area contributed by atoms with Crippen LogP contribution in [-0.4, -0.2) is 35.9 Å². The predicted octanol–water partition coefficient (Wildman–Crippen LogP) is 6.46. The van der Waals surface area contributed by atoms with E-state index in [0.29, 0.717) is 12.0 Å². The second-order valence-corrected chi connectivity index (χ2v) is 14.8. The molecule has 1 rings (SSSR count). The Morgan fingerprint density at radius 1 is 0.958 bits per heavy atom. The van der Waals surface area contributed by atoms with E-state index in [1.165, 1.54) is 32.1 Å². The van der Waals surface area contributed by atoms with Crippen molar-refractivity contribution in [3.63, 3.8) is 0 Å². The van der Waals surface area contributed by atoms with Crippen LogP contribution in [0.4, 0.5) is 0 Å². The number of piperidine rings is 1. The number of hydrogen-bond acceptors (Lipinski definition) is 2. The summed E-state index contributed by atoms with van der Waals surface area (Å²) in [7, 11) is -1.57. The first-order valence-electron chi connectivity index (χ1n) is 10.2. The minimum absolute atomic E-state index is 0.147. The highest BCUT2D eigenvalue weighted by atomic mass is 28.4. The van der Waals surface area contributed by atoms with Gasteiger partial charge < -0.3 is 4.43 Å². The van der Waals surface area contributed by atoms with Crippen LogP contribution < -0.4 is 0 Å². The van der Waals surface area contributed by atoms with Gasteiger partial charge in [-0.3, -0.25) is 4.90 Å². The van der Waals surface area contributed by atoms with E-state index in [9.17, 15) is 0 Å². The molecule has 0 aromatic carbocycles. The van der Waals surface area contributed by atoms with Crippen molar-refractivity contribution in [1.29, 1.82) is 0 Å². The van der Waals surface area contributed by atoms with Crippen molar-refractivity contribution in [2.45, 2.75) is 130 Å². The molecule has 0 amide bonds. The van der Waals surface area contributed by atoms with Crippen LogP contribution >= 0.6 is 0 Å². The van der Waals surface area contributed by atoms with Gasteiger partial charge in [-0.05, 0) is 85.4 Å². The maximum atomic E-state index is 6.71. The molecular formula is C21H45NOSi. The fourth-order valence-corrected chi connectivity index (χ4v) is 6.92. The number of rotatable bonds is 6. The molecule has 0 N–H and O–H groups in total. The molecule has 1 heterocycles. The van der Waals surface area contributed by atoms with Gasteiger partial charge in [0.1, 0.15) is 0 Å². The highest BCUT2D eigenvalue weighted by molar-refractivity contribution is 6.69. The molecule has 144 valence electrons. The molecule has 0 radical (unpaired) electrons.